The number of thiazole rings is 1. The fourth-order valence-electron chi connectivity index (χ4n) is 3.73. The molecule has 3 heterocycles. The number of hydrogen-bond donors (Lipinski definition) is 1. The Bertz CT molecular complexity index is 713. The van der Waals surface area contributed by atoms with E-state index >= 15 is 0 Å². The molecule has 2 bridgehead atoms. The van der Waals surface area contributed by atoms with Gasteiger partial charge in [0.05, 0.1) is 0 Å². The van der Waals surface area contributed by atoms with Crippen molar-refractivity contribution in [3.8, 4) is 10.6 Å². The molecule has 2 aliphatic heterocycles. The van der Waals surface area contributed by atoms with Gasteiger partial charge in [-0.25, -0.2) is 4.98 Å². The monoisotopic (exact) mass is 327 g/mol. The van der Waals surface area contributed by atoms with Crippen molar-refractivity contribution in [2.75, 3.05) is 13.1 Å². The Balaban J connectivity index is 1.64. The Labute approximate surface area is 140 Å². The van der Waals surface area contributed by atoms with Crippen molar-refractivity contribution in [3.63, 3.8) is 0 Å². The van der Waals surface area contributed by atoms with Crippen LogP contribution in [0.4, 0.5) is 0 Å². The van der Waals surface area contributed by atoms with Crippen LogP contribution in [0.3, 0.4) is 0 Å². The van der Waals surface area contributed by atoms with Gasteiger partial charge in [0.15, 0.2) is 0 Å². The fourth-order valence-corrected chi connectivity index (χ4v) is 4.53. The molecule has 2 fully saturated rings. The summed E-state index contributed by atoms with van der Waals surface area (Å²) in [6.45, 7) is 3.94. The number of nitrogens with zero attached hydrogens (tertiary/aromatic N) is 2. The minimum atomic E-state index is 0.177. The maximum absolute atomic E-state index is 13.1. The molecular weight excluding hydrogens is 306 g/mol. The average Bonchev–Trinajstić information content (AvgIpc) is 3.09. The van der Waals surface area contributed by atoms with Crippen LogP contribution in [0.2, 0.25) is 0 Å². The van der Waals surface area contributed by atoms with E-state index in [0.29, 0.717) is 12.1 Å². The van der Waals surface area contributed by atoms with Gasteiger partial charge in [0.1, 0.15) is 5.01 Å². The Morgan fingerprint density at radius 1 is 1.30 bits per heavy atom. The van der Waals surface area contributed by atoms with Crippen LogP contribution in [0.15, 0.2) is 29.6 Å². The third kappa shape index (κ3) is 2.79. The van der Waals surface area contributed by atoms with Crippen molar-refractivity contribution in [1.82, 2.24) is 15.2 Å². The normalized spacial score (nSPS) is 23.8. The molecule has 2 unspecified atom stereocenters. The first-order chi connectivity index (χ1) is 11.2. The molecule has 4 nitrogen and oxygen atoms in total. The SMILES string of the molecule is Cc1csc(-c2cccc(C(=O)N3C4CCNCC3CC4)c2)n1. The van der Waals surface area contributed by atoms with Gasteiger partial charge >= 0.3 is 0 Å². The fraction of sp³-hybridized carbons (Fsp3) is 0.444. The molecule has 0 spiro atoms. The largest absolute Gasteiger partial charge is 0.331 e. The number of nitrogens with one attached hydrogen (secondary N) is 1. The van der Waals surface area contributed by atoms with E-state index in [9.17, 15) is 4.79 Å². The standard InChI is InChI=1S/C18H21N3OS/c1-12-11-23-17(20-12)13-3-2-4-14(9-13)18(22)21-15-5-6-16(21)10-19-8-7-15/h2-4,9,11,15-16,19H,5-8,10H2,1H3. The van der Waals surface area contributed by atoms with Crippen molar-refractivity contribution in [3.05, 3.63) is 40.9 Å². The lowest BCUT2D eigenvalue weighted by atomic mass is 10.1. The van der Waals surface area contributed by atoms with Gasteiger partial charge in [0.2, 0.25) is 0 Å². The second-order valence-electron chi connectivity index (χ2n) is 6.47. The van der Waals surface area contributed by atoms with Gasteiger partial charge in [-0.15, -0.1) is 11.3 Å². The topological polar surface area (TPSA) is 45.2 Å². The van der Waals surface area contributed by atoms with Crippen molar-refractivity contribution < 1.29 is 4.79 Å². The van der Waals surface area contributed by atoms with Crippen LogP contribution in [-0.4, -0.2) is 41.0 Å². The molecule has 2 aromatic rings. The molecule has 0 radical (unpaired) electrons. The smallest absolute Gasteiger partial charge is 0.254 e. The maximum atomic E-state index is 13.1. The molecule has 4 rings (SSSR count). The highest BCUT2D eigenvalue weighted by molar-refractivity contribution is 7.13. The Hall–Kier alpha value is -1.72. The van der Waals surface area contributed by atoms with Crippen LogP contribution < -0.4 is 5.32 Å². The van der Waals surface area contributed by atoms with E-state index in [2.05, 4.69) is 15.2 Å². The third-order valence-electron chi connectivity index (χ3n) is 4.86. The van der Waals surface area contributed by atoms with Crippen molar-refractivity contribution in [2.45, 2.75) is 38.3 Å². The van der Waals surface area contributed by atoms with Gasteiger partial charge in [-0.2, -0.15) is 0 Å². The number of aryl methyl sites for hydroxylation is 1. The lowest BCUT2D eigenvalue weighted by Crippen LogP contribution is -2.42. The lowest BCUT2D eigenvalue weighted by molar-refractivity contribution is 0.0680. The van der Waals surface area contributed by atoms with E-state index in [1.54, 1.807) is 11.3 Å². The molecule has 2 atom stereocenters. The van der Waals surface area contributed by atoms with Crippen LogP contribution in [0, 0.1) is 6.92 Å². The second-order valence-corrected chi connectivity index (χ2v) is 7.32. The van der Waals surface area contributed by atoms with Gasteiger partial charge in [-0.3, -0.25) is 4.79 Å². The van der Waals surface area contributed by atoms with E-state index in [1.165, 1.54) is 0 Å². The summed E-state index contributed by atoms with van der Waals surface area (Å²) >= 11 is 1.63. The highest BCUT2D eigenvalue weighted by Gasteiger charge is 2.38. The van der Waals surface area contributed by atoms with Gasteiger partial charge in [-0.1, -0.05) is 12.1 Å². The van der Waals surface area contributed by atoms with E-state index in [-0.39, 0.29) is 5.91 Å². The number of fused-ring (bicyclic) bond motifs is 2. The molecule has 1 aromatic heterocycles. The summed E-state index contributed by atoms with van der Waals surface area (Å²) in [4.78, 5) is 19.7. The van der Waals surface area contributed by atoms with E-state index in [4.69, 9.17) is 0 Å². The zero-order valence-electron chi connectivity index (χ0n) is 13.3. The van der Waals surface area contributed by atoms with Gasteiger partial charge in [0.25, 0.3) is 5.91 Å². The van der Waals surface area contributed by atoms with Gasteiger partial charge < -0.3 is 10.2 Å². The Morgan fingerprint density at radius 3 is 3.00 bits per heavy atom. The third-order valence-corrected chi connectivity index (χ3v) is 5.87. The minimum absolute atomic E-state index is 0.177. The highest BCUT2D eigenvalue weighted by Crippen LogP contribution is 2.31. The molecule has 23 heavy (non-hydrogen) atoms. The number of rotatable bonds is 2. The number of aromatic nitrogens is 1. The molecule has 1 N–H and O–H groups in total. The molecule has 2 aliphatic rings. The Kier molecular flexibility index (Phi) is 3.91. The first kappa shape index (κ1) is 14.8. The van der Waals surface area contributed by atoms with Crippen LogP contribution in [0.1, 0.15) is 35.3 Å². The molecule has 5 heteroatoms. The molecule has 0 saturated carbocycles. The molecule has 120 valence electrons. The number of hydrogen-bond acceptors (Lipinski definition) is 4. The van der Waals surface area contributed by atoms with Crippen molar-refractivity contribution in [1.29, 1.82) is 0 Å². The summed E-state index contributed by atoms with van der Waals surface area (Å²) in [6, 6.07) is 8.68. The number of carbonyl (C=O) groups is 1. The summed E-state index contributed by atoms with van der Waals surface area (Å²) in [5.74, 6) is 0.177. The molecule has 2 saturated heterocycles. The summed E-state index contributed by atoms with van der Waals surface area (Å²) < 4.78 is 0. The van der Waals surface area contributed by atoms with Crippen LogP contribution in [0.5, 0.6) is 0 Å². The zero-order chi connectivity index (χ0) is 15.8. The van der Waals surface area contributed by atoms with Gasteiger partial charge in [0, 0.05) is 40.8 Å². The average molecular weight is 327 g/mol. The van der Waals surface area contributed by atoms with Gasteiger partial charge in [-0.05, 0) is 44.9 Å². The summed E-state index contributed by atoms with van der Waals surface area (Å²) in [7, 11) is 0. The van der Waals surface area contributed by atoms with Crippen LogP contribution in [0.25, 0.3) is 10.6 Å². The summed E-state index contributed by atoms with van der Waals surface area (Å²) in [5, 5.41) is 6.48. The predicted molar refractivity (Wildman–Crippen MR) is 92.8 cm³/mol. The molecular formula is C18H21N3OS. The number of benzene rings is 1. The summed E-state index contributed by atoms with van der Waals surface area (Å²) in [6.07, 6.45) is 3.33. The molecule has 1 amide bonds. The van der Waals surface area contributed by atoms with Crippen molar-refractivity contribution in [2.24, 2.45) is 0 Å². The maximum Gasteiger partial charge on any atom is 0.254 e. The Morgan fingerprint density at radius 2 is 2.17 bits per heavy atom. The number of amides is 1. The van der Waals surface area contributed by atoms with E-state index < -0.39 is 0 Å². The zero-order valence-corrected chi connectivity index (χ0v) is 14.1. The van der Waals surface area contributed by atoms with Crippen molar-refractivity contribution >= 4 is 17.2 Å². The molecule has 1 aromatic carbocycles. The summed E-state index contributed by atoms with van der Waals surface area (Å²) in [5.41, 5.74) is 2.85. The lowest BCUT2D eigenvalue weighted by Gasteiger charge is -2.28. The molecule has 0 aliphatic carbocycles. The minimum Gasteiger partial charge on any atom is -0.331 e. The van der Waals surface area contributed by atoms with Crippen LogP contribution >= 0.6 is 11.3 Å². The quantitative estimate of drug-likeness (QED) is 0.922. The first-order valence-corrected chi connectivity index (χ1v) is 9.16. The first-order valence-electron chi connectivity index (χ1n) is 8.28. The van der Waals surface area contributed by atoms with E-state index in [0.717, 1.165) is 54.2 Å². The predicted octanol–water partition coefficient (Wildman–Crippen LogP) is 3.09. The second kappa shape index (κ2) is 6.06. The van der Waals surface area contributed by atoms with Crippen LogP contribution in [-0.2, 0) is 0 Å². The van der Waals surface area contributed by atoms with E-state index in [1.807, 2.05) is 36.6 Å². The number of carbonyl (C=O) groups excluding carboxylic acids is 1. The highest BCUT2D eigenvalue weighted by atomic mass is 32.1.